The Morgan fingerprint density at radius 3 is 2.62 bits per heavy atom. The number of nitrogens with two attached hydrogens (primary N) is 1. The van der Waals surface area contributed by atoms with Crippen molar-refractivity contribution in [3.05, 3.63) is 34.6 Å². The molecule has 0 radical (unpaired) electrons. The summed E-state index contributed by atoms with van der Waals surface area (Å²) >= 11 is 5.92. The normalized spacial score (nSPS) is 25.6. The van der Waals surface area contributed by atoms with Crippen LogP contribution in [0.4, 0.5) is 4.39 Å². The molecule has 3 rings (SSSR count). The van der Waals surface area contributed by atoms with E-state index in [1.54, 1.807) is 6.07 Å². The zero-order valence-corrected chi connectivity index (χ0v) is 13.0. The summed E-state index contributed by atoms with van der Waals surface area (Å²) in [6.07, 6.45) is 3.41. The van der Waals surface area contributed by atoms with E-state index in [2.05, 4.69) is 9.80 Å². The largest absolute Gasteiger partial charge is 0.328 e. The highest BCUT2D eigenvalue weighted by Gasteiger charge is 2.29. The number of benzene rings is 1. The first-order valence-electron chi connectivity index (χ1n) is 7.77. The quantitative estimate of drug-likeness (QED) is 0.931. The third-order valence-electron chi connectivity index (χ3n) is 4.67. The molecule has 5 heteroatoms. The number of piperidine rings is 1. The number of likely N-dealkylation sites (tertiary alicyclic amines) is 2. The summed E-state index contributed by atoms with van der Waals surface area (Å²) in [6.45, 7) is 5.14. The lowest BCUT2D eigenvalue weighted by Gasteiger charge is -2.34. The molecule has 1 aromatic rings. The first-order valence-corrected chi connectivity index (χ1v) is 8.15. The first-order chi connectivity index (χ1) is 10.1. The highest BCUT2D eigenvalue weighted by Crippen LogP contribution is 2.22. The van der Waals surface area contributed by atoms with Gasteiger partial charge in [0.1, 0.15) is 5.82 Å². The topological polar surface area (TPSA) is 32.5 Å². The molecule has 0 aliphatic carbocycles. The maximum absolute atomic E-state index is 13.4. The van der Waals surface area contributed by atoms with Crippen LogP contribution in [0.2, 0.25) is 5.02 Å². The van der Waals surface area contributed by atoms with Gasteiger partial charge in [-0.15, -0.1) is 0 Å². The van der Waals surface area contributed by atoms with Crippen molar-refractivity contribution in [1.82, 2.24) is 9.80 Å². The number of hydrogen-bond acceptors (Lipinski definition) is 3. The van der Waals surface area contributed by atoms with Crippen molar-refractivity contribution in [3.8, 4) is 0 Å². The van der Waals surface area contributed by atoms with E-state index < -0.39 is 0 Å². The predicted molar refractivity (Wildman–Crippen MR) is 83.9 cm³/mol. The van der Waals surface area contributed by atoms with Crippen molar-refractivity contribution in [2.75, 3.05) is 26.2 Å². The summed E-state index contributed by atoms with van der Waals surface area (Å²) < 4.78 is 13.4. The Hall–Kier alpha value is -0.680. The van der Waals surface area contributed by atoms with Gasteiger partial charge in [0.15, 0.2) is 0 Å². The SMILES string of the molecule is NC1CCN(C2CCN(Cc3cc(F)cc(Cl)c3)C2)CC1. The molecule has 0 bridgehead atoms. The maximum Gasteiger partial charge on any atom is 0.125 e. The fraction of sp³-hybridized carbons (Fsp3) is 0.625. The van der Waals surface area contributed by atoms with E-state index in [0.29, 0.717) is 17.1 Å². The van der Waals surface area contributed by atoms with Crippen LogP contribution >= 0.6 is 11.6 Å². The lowest BCUT2D eigenvalue weighted by molar-refractivity contribution is 0.151. The summed E-state index contributed by atoms with van der Waals surface area (Å²) in [6, 6.07) is 5.81. The maximum atomic E-state index is 13.4. The van der Waals surface area contributed by atoms with Crippen LogP contribution in [0.1, 0.15) is 24.8 Å². The molecule has 0 saturated carbocycles. The number of rotatable bonds is 3. The van der Waals surface area contributed by atoms with Gasteiger partial charge in [0, 0.05) is 36.7 Å². The molecule has 3 nitrogen and oxygen atoms in total. The third kappa shape index (κ3) is 3.95. The highest BCUT2D eigenvalue weighted by molar-refractivity contribution is 6.30. The zero-order chi connectivity index (χ0) is 14.8. The molecule has 1 unspecified atom stereocenters. The number of nitrogens with zero attached hydrogens (tertiary/aromatic N) is 2. The van der Waals surface area contributed by atoms with Crippen LogP contribution < -0.4 is 5.73 Å². The van der Waals surface area contributed by atoms with Crippen LogP contribution in [-0.2, 0) is 6.54 Å². The molecule has 2 aliphatic rings. The molecule has 0 amide bonds. The van der Waals surface area contributed by atoms with Crippen LogP contribution in [0.15, 0.2) is 18.2 Å². The van der Waals surface area contributed by atoms with Crippen LogP contribution in [0.5, 0.6) is 0 Å². The Labute approximate surface area is 130 Å². The summed E-state index contributed by atoms with van der Waals surface area (Å²) in [7, 11) is 0. The molecule has 0 spiro atoms. The minimum Gasteiger partial charge on any atom is -0.328 e. The average molecular weight is 312 g/mol. The van der Waals surface area contributed by atoms with Crippen molar-refractivity contribution >= 4 is 11.6 Å². The lowest BCUT2D eigenvalue weighted by atomic mass is 10.0. The zero-order valence-electron chi connectivity index (χ0n) is 12.3. The van der Waals surface area contributed by atoms with Gasteiger partial charge in [-0.1, -0.05) is 11.6 Å². The van der Waals surface area contributed by atoms with Crippen LogP contribution in [0.25, 0.3) is 0 Å². The smallest absolute Gasteiger partial charge is 0.125 e. The van der Waals surface area contributed by atoms with Gasteiger partial charge in [0.05, 0.1) is 0 Å². The predicted octanol–water partition coefficient (Wildman–Crippen LogP) is 2.48. The van der Waals surface area contributed by atoms with Gasteiger partial charge >= 0.3 is 0 Å². The van der Waals surface area contributed by atoms with Crippen LogP contribution in [0, 0.1) is 5.82 Å². The molecule has 1 aromatic carbocycles. The average Bonchev–Trinajstić information content (AvgIpc) is 2.87. The van der Waals surface area contributed by atoms with Crippen molar-refractivity contribution in [2.24, 2.45) is 5.73 Å². The van der Waals surface area contributed by atoms with Gasteiger partial charge in [-0.3, -0.25) is 9.80 Å². The molecule has 21 heavy (non-hydrogen) atoms. The second-order valence-electron chi connectivity index (χ2n) is 6.33. The monoisotopic (exact) mass is 311 g/mol. The van der Waals surface area contributed by atoms with Gasteiger partial charge < -0.3 is 5.73 Å². The summed E-state index contributed by atoms with van der Waals surface area (Å²) in [4.78, 5) is 4.96. The molecule has 2 saturated heterocycles. The van der Waals surface area contributed by atoms with E-state index in [4.69, 9.17) is 17.3 Å². The highest BCUT2D eigenvalue weighted by atomic mass is 35.5. The van der Waals surface area contributed by atoms with Crippen LogP contribution in [0.3, 0.4) is 0 Å². The molecular formula is C16H23ClFN3. The molecule has 0 aromatic heterocycles. The lowest BCUT2D eigenvalue weighted by Crippen LogP contribution is -2.46. The fourth-order valence-electron chi connectivity index (χ4n) is 3.50. The van der Waals surface area contributed by atoms with Crippen LogP contribution in [-0.4, -0.2) is 48.1 Å². The van der Waals surface area contributed by atoms with Crippen molar-refractivity contribution < 1.29 is 4.39 Å². The van der Waals surface area contributed by atoms with Crippen molar-refractivity contribution in [3.63, 3.8) is 0 Å². The van der Waals surface area contributed by atoms with E-state index in [1.165, 1.54) is 12.5 Å². The first kappa shape index (κ1) is 15.2. The minimum absolute atomic E-state index is 0.252. The van der Waals surface area contributed by atoms with E-state index in [0.717, 1.165) is 51.1 Å². The molecule has 2 aliphatic heterocycles. The van der Waals surface area contributed by atoms with Gasteiger partial charge in [-0.25, -0.2) is 4.39 Å². The molecule has 1 atom stereocenters. The molecular weight excluding hydrogens is 289 g/mol. The Bertz CT molecular complexity index is 468. The fourth-order valence-corrected chi connectivity index (χ4v) is 3.74. The summed E-state index contributed by atoms with van der Waals surface area (Å²) in [5.41, 5.74) is 6.93. The third-order valence-corrected chi connectivity index (χ3v) is 4.88. The molecule has 116 valence electrons. The molecule has 2 N–H and O–H groups in total. The Morgan fingerprint density at radius 1 is 1.14 bits per heavy atom. The molecule has 2 fully saturated rings. The summed E-state index contributed by atoms with van der Waals surface area (Å²) in [5.74, 6) is -0.252. The molecule has 2 heterocycles. The van der Waals surface area contributed by atoms with E-state index in [-0.39, 0.29) is 5.82 Å². The van der Waals surface area contributed by atoms with Gasteiger partial charge in [-0.2, -0.15) is 0 Å². The van der Waals surface area contributed by atoms with Gasteiger partial charge in [0.2, 0.25) is 0 Å². The summed E-state index contributed by atoms with van der Waals surface area (Å²) in [5, 5.41) is 0.478. The van der Waals surface area contributed by atoms with E-state index in [1.807, 2.05) is 6.07 Å². The van der Waals surface area contributed by atoms with Crippen molar-refractivity contribution in [2.45, 2.75) is 37.9 Å². The van der Waals surface area contributed by atoms with Gasteiger partial charge in [0.25, 0.3) is 0 Å². The minimum atomic E-state index is -0.252. The Kier molecular flexibility index (Phi) is 4.79. The van der Waals surface area contributed by atoms with E-state index >= 15 is 0 Å². The Morgan fingerprint density at radius 2 is 1.90 bits per heavy atom. The standard InChI is InChI=1S/C16H23ClFN3/c17-13-7-12(8-14(18)9-13)10-20-4-3-16(11-20)21-5-1-15(19)2-6-21/h7-9,15-16H,1-6,10-11,19H2. The second-order valence-corrected chi connectivity index (χ2v) is 6.77. The number of hydrogen-bond donors (Lipinski definition) is 1. The van der Waals surface area contributed by atoms with Crippen molar-refractivity contribution in [1.29, 1.82) is 0 Å². The van der Waals surface area contributed by atoms with E-state index in [9.17, 15) is 4.39 Å². The Balaban J connectivity index is 1.54. The number of halogens is 2. The van der Waals surface area contributed by atoms with Gasteiger partial charge in [-0.05, 0) is 56.1 Å². The second kappa shape index (κ2) is 6.61.